The predicted molar refractivity (Wildman–Crippen MR) is 113 cm³/mol. The zero-order valence-corrected chi connectivity index (χ0v) is 18.0. The Morgan fingerprint density at radius 2 is 1.15 bits per heavy atom. The van der Waals surface area contributed by atoms with Gasteiger partial charge in [0, 0.05) is 33.2 Å². The molecule has 0 aliphatic heterocycles. The van der Waals surface area contributed by atoms with Crippen LogP contribution >= 0.6 is 31.9 Å². The third-order valence-corrected chi connectivity index (χ3v) is 5.68. The van der Waals surface area contributed by atoms with E-state index in [0.29, 0.717) is 25.7 Å². The highest BCUT2D eigenvalue weighted by molar-refractivity contribution is 9.10. The average Bonchev–Trinajstić information content (AvgIpc) is 2.58. The number of unbranched alkanes of at least 4 members (excludes halogenated alkanes) is 1. The van der Waals surface area contributed by atoms with Crippen molar-refractivity contribution in [2.24, 2.45) is 0 Å². The summed E-state index contributed by atoms with van der Waals surface area (Å²) >= 11 is 6.91. The fraction of sp³-hybridized carbons (Fsp3) is 0.300. The minimum atomic E-state index is -0.0383. The summed E-state index contributed by atoms with van der Waals surface area (Å²) < 4.78 is 1.93. The number of halogens is 2. The molecule has 6 heteroatoms. The minimum Gasteiger partial charge on any atom is -0.326 e. The number of nitrogens with one attached hydrogen (secondary N) is 2. The molecule has 0 spiro atoms. The van der Waals surface area contributed by atoms with Crippen LogP contribution < -0.4 is 10.6 Å². The second-order valence-corrected chi connectivity index (χ2v) is 7.94. The molecule has 0 saturated carbocycles. The quantitative estimate of drug-likeness (QED) is 0.479. The van der Waals surface area contributed by atoms with Crippen LogP contribution in [0.1, 0.15) is 36.8 Å². The van der Waals surface area contributed by atoms with E-state index >= 15 is 0 Å². The predicted octanol–water partition coefficient (Wildman–Crippen LogP) is 5.97. The number of amides is 2. The number of aryl methyl sites for hydroxylation is 2. The molecule has 0 bridgehead atoms. The van der Waals surface area contributed by atoms with Crippen molar-refractivity contribution >= 4 is 55.0 Å². The normalized spacial score (nSPS) is 10.5. The third-order valence-electron chi connectivity index (χ3n) is 3.97. The number of carbonyl (C=O) groups excluding carboxylic acids is 2. The van der Waals surface area contributed by atoms with Crippen LogP contribution in [0, 0.1) is 13.8 Å². The molecule has 0 fully saturated rings. The zero-order valence-electron chi connectivity index (χ0n) is 14.9. The van der Waals surface area contributed by atoms with Gasteiger partial charge in [0.2, 0.25) is 11.8 Å². The van der Waals surface area contributed by atoms with Crippen molar-refractivity contribution in [3.05, 3.63) is 56.5 Å². The highest BCUT2D eigenvalue weighted by Crippen LogP contribution is 2.22. The largest absolute Gasteiger partial charge is 0.326 e. The summed E-state index contributed by atoms with van der Waals surface area (Å²) in [6.45, 7) is 3.99. The summed E-state index contributed by atoms with van der Waals surface area (Å²) in [7, 11) is 0. The van der Waals surface area contributed by atoms with E-state index < -0.39 is 0 Å². The second-order valence-electron chi connectivity index (χ2n) is 6.23. The van der Waals surface area contributed by atoms with Crippen LogP contribution in [0.25, 0.3) is 0 Å². The van der Waals surface area contributed by atoms with Gasteiger partial charge in [0.25, 0.3) is 0 Å². The van der Waals surface area contributed by atoms with Crippen molar-refractivity contribution in [2.75, 3.05) is 10.6 Å². The van der Waals surface area contributed by atoms with Gasteiger partial charge >= 0.3 is 0 Å². The number of hydrogen-bond donors (Lipinski definition) is 2. The number of hydrogen-bond acceptors (Lipinski definition) is 2. The lowest BCUT2D eigenvalue weighted by Crippen LogP contribution is -2.13. The SMILES string of the molecule is Cc1ccc(NC(=O)CCCCC(=O)Nc2ccc(C)c(Br)c2)cc1Br. The van der Waals surface area contributed by atoms with Crippen molar-refractivity contribution in [2.45, 2.75) is 39.5 Å². The van der Waals surface area contributed by atoms with E-state index in [1.165, 1.54) is 0 Å². The van der Waals surface area contributed by atoms with E-state index in [0.717, 1.165) is 31.4 Å². The molecule has 0 atom stereocenters. The standard InChI is InChI=1S/C20H22Br2N2O2/c1-13-7-9-15(11-17(13)21)23-19(25)5-3-4-6-20(26)24-16-10-8-14(2)18(22)12-16/h7-12H,3-6H2,1-2H3,(H,23,25)(H,24,26). The van der Waals surface area contributed by atoms with Crippen LogP contribution in [0.15, 0.2) is 45.3 Å². The maximum absolute atomic E-state index is 12.0. The lowest BCUT2D eigenvalue weighted by Gasteiger charge is -2.08. The topological polar surface area (TPSA) is 58.2 Å². The van der Waals surface area contributed by atoms with E-state index in [9.17, 15) is 9.59 Å². The Bertz CT molecular complexity index is 739. The summed E-state index contributed by atoms with van der Waals surface area (Å²) in [6, 6.07) is 11.4. The highest BCUT2D eigenvalue weighted by atomic mass is 79.9. The van der Waals surface area contributed by atoms with Gasteiger partial charge in [0.15, 0.2) is 0 Å². The molecular formula is C20H22Br2N2O2. The van der Waals surface area contributed by atoms with Gasteiger partial charge in [-0.1, -0.05) is 44.0 Å². The Morgan fingerprint density at radius 1 is 0.769 bits per heavy atom. The fourth-order valence-corrected chi connectivity index (χ4v) is 3.12. The molecule has 4 nitrogen and oxygen atoms in total. The molecule has 2 amide bonds. The molecule has 0 aliphatic carbocycles. The molecule has 0 radical (unpaired) electrons. The summed E-state index contributed by atoms with van der Waals surface area (Å²) in [6.07, 6.45) is 2.14. The molecule has 0 aromatic heterocycles. The Morgan fingerprint density at radius 3 is 1.50 bits per heavy atom. The molecule has 0 unspecified atom stereocenters. The molecule has 0 heterocycles. The summed E-state index contributed by atoms with van der Waals surface area (Å²) in [5.74, 6) is -0.0766. The Balaban J connectivity index is 1.68. The van der Waals surface area contributed by atoms with E-state index in [4.69, 9.17) is 0 Å². The van der Waals surface area contributed by atoms with Gasteiger partial charge in [-0.15, -0.1) is 0 Å². The second kappa shape index (κ2) is 9.88. The summed E-state index contributed by atoms with van der Waals surface area (Å²) in [5.41, 5.74) is 3.79. The molecule has 138 valence electrons. The maximum atomic E-state index is 12.0. The van der Waals surface area contributed by atoms with Crippen LogP contribution in [0.5, 0.6) is 0 Å². The molecule has 2 aromatic rings. The highest BCUT2D eigenvalue weighted by Gasteiger charge is 2.07. The van der Waals surface area contributed by atoms with Gasteiger partial charge in [-0.2, -0.15) is 0 Å². The number of benzene rings is 2. The first kappa shape index (κ1) is 20.6. The van der Waals surface area contributed by atoms with Crippen molar-refractivity contribution < 1.29 is 9.59 Å². The average molecular weight is 482 g/mol. The number of rotatable bonds is 7. The van der Waals surface area contributed by atoms with Gasteiger partial charge in [-0.05, 0) is 62.1 Å². The smallest absolute Gasteiger partial charge is 0.224 e. The minimum absolute atomic E-state index is 0.0383. The summed E-state index contributed by atoms with van der Waals surface area (Å²) in [5, 5.41) is 5.75. The lowest BCUT2D eigenvalue weighted by atomic mass is 10.1. The third kappa shape index (κ3) is 6.57. The van der Waals surface area contributed by atoms with Crippen LogP contribution in [-0.4, -0.2) is 11.8 Å². The van der Waals surface area contributed by atoms with Crippen LogP contribution in [0.4, 0.5) is 11.4 Å². The first-order valence-electron chi connectivity index (χ1n) is 8.47. The molecule has 26 heavy (non-hydrogen) atoms. The van der Waals surface area contributed by atoms with Crippen LogP contribution in [0.2, 0.25) is 0 Å². The molecule has 2 rings (SSSR count). The fourth-order valence-electron chi connectivity index (χ4n) is 2.36. The Kier molecular flexibility index (Phi) is 7.85. The number of anilines is 2. The van der Waals surface area contributed by atoms with Crippen molar-refractivity contribution in [1.82, 2.24) is 0 Å². The van der Waals surface area contributed by atoms with E-state index in [2.05, 4.69) is 42.5 Å². The van der Waals surface area contributed by atoms with Gasteiger partial charge < -0.3 is 10.6 Å². The zero-order chi connectivity index (χ0) is 19.1. The van der Waals surface area contributed by atoms with Gasteiger partial charge in [-0.25, -0.2) is 0 Å². The van der Waals surface area contributed by atoms with Gasteiger partial charge in [-0.3, -0.25) is 9.59 Å². The number of carbonyl (C=O) groups is 2. The molecular weight excluding hydrogens is 460 g/mol. The van der Waals surface area contributed by atoms with Crippen LogP contribution in [-0.2, 0) is 9.59 Å². The Hall–Kier alpha value is -1.66. The Labute approximate surface area is 171 Å². The van der Waals surface area contributed by atoms with Gasteiger partial charge in [0.1, 0.15) is 0 Å². The van der Waals surface area contributed by atoms with Crippen molar-refractivity contribution in [3.63, 3.8) is 0 Å². The van der Waals surface area contributed by atoms with Crippen molar-refractivity contribution in [1.29, 1.82) is 0 Å². The molecule has 0 aliphatic rings. The molecule has 2 N–H and O–H groups in total. The molecule has 0 saturated heterocycles. The summed E-state index contributed by atoms with van der Waals surface area (Å²) in [4.78, 5) is 24.0. The first-order valence-corrected chi connectivity index (χ1v) is 10.1. The first-order chi connectivity index (χ1) is 12.3. The maximum Gasteiger partial charge on any atom is 0.224 e. The van der Waals surface area contributed by atoms with Crippen molar-refractivity contribution in [3.8, 4) is 0 Å². The van der Waals surface area contributed by atoms with E-state index in [-0.39, 0.29) is 11.8 Å². The van der Waals surface area contributed by atoms with Crippen LogP contribution in [0.3, 0.4) is 0 Å². The van der Waals surface area contributed by atoms with E-state index in [1.807, 2.05) is 50.2 Å². The van der Waals surface area contributed by atoms with Gasteiger partial charge in [0.05, 0.1) is 0 Å². The van der Waals surface area contributed by atoms with E-state index in [1.54, 1.807) is 0 Å². The monoisotopic (exact) mass is 480 g/mol. The lowest BCUT2D eigenvalue weighted by molar-refractivity contribution is -0.118. The molecule has 2 aromatic carbocycles.